The van der Waals surface area contributed by atoms with Crippen molar-refractivity contribution in [1.82, 2.24) is 0 Å². The molecule has 1 fully saturated rings. The van der Waals surface area contributed by atoms with Crippen LogP contribution in [0.2, 0.25) is 0 Å². The van der Waals surface area contributed by atoms with E-state index in [1.165, 1.54) is 0 Å². The molecule has 92 valence electrons. The Kier molecular flexibility index (Phi) is 3.64. The lowest BCUT2D eigenvalue weighted by atomic mass is 10.1. The molecule has 1 heterocycles. The number of hydrogen-bond acceptors (Lipinski definition) is 3. The van der Waals surface area contributed by atoms with Gasteiger partial charge in [0.05, 0.1) is 6.10 Å². The predicted octanol–water partition coefficient (Wildman–Crippen LogP) is 1.84. The number of hydrogen-bond donors (Lipinski definition) is 2. The average molecular weight is 234 g/mol. The molecular formula is C13H18N2O2. The van der Waals surface area contributed by atoms with E-state index >= 15 is 0 Å². The van der Waals surface area contributed by atoms with Crippen LogP contribution in [-0.4, -0.2) is 25.2 Å². The Hall–Kier alpha value is -1.55. The first-order chi connectivity index (χ1) is 8.16. The summed E-state index contributed by atoms with van der Waals surface area (Å²) in [6.07, 6.45) is 2.42. The van der Waals surface area contributed by atoms with Gasteiger partial charge in [-0.25, -0.2) is 0 Å². The van der Waals surface area contributed by atoms with Gasteiger partial charge in [0.25, 0.3) is 0 Å². The third-order valence-corrected chi connectivity index (χ3v) is 2.95. The minimum atomic E-state index is 0.0909. The molecule has 17 heavy (non-hydrogen) atoms. The quantitative estimate of drug-likeness (QED) is 0.617. The highest BCUT2D eigenvalue weighted by molar-refractivity contribution is 5.96. The number of benzene rings is 1. The number of nitrogens with one attached hydrogen (secondary N) is 1. The fourth-order valence-corrected chi connectivity index (χ4v) is 1.99. The molecule has 1 saturated heterocycles. The number of nitrogens with two attached hydrogens (primary N) is 1. The summed E-state index contributed by atoms with van der Waals surface area (Å²) in [7, 11) is 0. The van der Waals surface area contributed by atoms with Gasteiger partial charge in [0.1, 0.15) is 18.2 Å². The van der Waals surface area contributed by atoms with E-state index in [-0.39, 0.29) is 11.9 Å². The van der Waals surface area contributed by atoms with E-state index in [0.29, 0.717) is 6.61 Å². The molecule has 0 saturated carbocycles. The van der Waals surface area contributed by atoms with Crippen LogP contribution < -0.4 is 10.5 Å². The van der Waals surface area contributed by atoms with Crippen molar-refractivity contribution in [2.24, 2.45) is 5.73 Å². The largest absolute Gasteiger partial charge is 0.491 e. The van der Waals surface area contributed by atoms with Crippen molar-refractivity contribution in [3.8, 4) is 5.75 Å². The first-order valence-corrected chi connectivity index (χ1v) is 5.86. The second-order valence-electron chi connectivity index (χ2n) is 4.34. The minimum absolute atomic E-state index is 0.0909. The molecule has 2 rings (SSSR count). The van der Waals surface area contributed by atoms with Gasteiger partial charge in [-0.1, -0.05) is 0 Å². The molecule has 1 aliphatic rings. The van der Waals surface area contributed by atoms with E-state index in [9.17, 15) is 0 Å². The highest BCUT2D eigenvalue weighted by Gasteiger charge is 2.16. The van der Waals surface area contributed by atoms with Crippen molar-refractivity contribution >= 4 is 5.84 Å². The van der Waals surface area contributed by atoms with Crippen molar-refractivity contribution in [2.45, 2.75) is 25.9 Å². The van der Waals surface area contributed by atoms with Crippen molar-refractivity contribution < 1.29 is 9.47 Å². The Morgan fingerprint density at radius 3 is 3.00 bits per heavy atom. The summed E-state index contributed by atoms with van der Waals surface area (Å²) in [6, 6.07) is 5.58. The number of rotatable bonds is 4. The van der Waals surface area contributed by atoms with Gasteiger partial charge in [-0.2, -0.15) is 0 Å². The summed E-state index contributed by atoms with van der Waals surface area (Å²) in [5.41, 5.74) is 7.18. The van der Waals surface area contributed by atoms with E-state index in [0.717, 1.165) is 36.3 Å². The molecule has 0 amide bonds. The van der Waals surface area contributed by atoms with Crippen LogP contribution in [0.4, 0.5) is 0 Å². The fraction of sp³-hybridized carbons (Fsp3) is 0.462. The summed E-state index contributed by atoms with van der Waals surface area (Å²) >= 11 is 0. The highest BCUT2D eigenvalue weighted by Crippen LogP contribution is 2.19. The maximum atomic E-state index is 7.40. The van der Waals surface area contributed by atoms with Crippen molar-refractivity contribution in [2.75, 3.05) is 13.2 Å². The van der Waals surface area contributed by atoms with E-state index in [1.54, 1.807) is 0 Å². The Labute approximate surface area is 101 Å². The predicted molar refractivity (Wildman–Crippen MR) is 66.7 cm³/mol. The molecule has 0 aliphatic carbocycles. The molecule has 1 unspecified atom stereocenters. The zero-order valence-electron chi connectivity index (χ0n) is 10.0. The van der Waals surface area contributed by atoms with Crippen LogP contribution in [-0.2, 0) is 4.74 Å². The summed E-state index contributed by atoms with van der Waals surface area (Å²) in [6.45, 7) is 3.37. The summed E-state index contributed by atoms with van der Waals surface area (Å²) in [5, 5.41) is 7.40. The van der Waals surface area contributed by atoms with E-state index < -0.39 is 0 Å². The zero-order chi connectivity index (χ0) is 12.3. The first-order valence-electron chi connectivity index (χ1n) is 5.86. The molecule has 1 aliphatic heterocycles. The molecule has 3 N–H and O–H groups in total. The second kappa shape index (κ2) is 5.19. The molecule has 0 radical (unpaired) electrons. The van der Waals surface area contributed by atoms with Crippen molar-refractivity contribution in [1.29, 1.82) is 5.41 Å². The maximum Gasteiger partial charge on any atom is 0.123 e. The molecule has 4 nitrogen and oxygen atoms in total. The molecule has 1 aromatic rings. The molecule has 0 bridgehead atoms. The highest BCUT2D eigenvalue weighted by atomic mass is 16.5. The van der Waals surface area contributed by atoms with Gasteiger partial charge < -0.3 is 15.2 Å². The van der Waals surface area contributed by atoms with Gasteiger partial charge in [0, 0.05) is 12.2 Å². The van der Waals surface area contributed by atoms with Crippen LogP contribution in [0.15, 0.2) is 18.2 Å². The van der Waals surface area contributed by atoms with Crippen LogP contribution in [0.5, 0.6) is 5.75 Å². The van der Waals surface area contributed by atoms with Gasteiger partial charge in [-0.15, -0.1) is 0 Å². The monoisotopic (exact) mass is 234 g/mol. The topological polar surface area (TPSA) is 68.3 Å². The van der Waals surface area contributed by atoms with Gasteiger partial charge in [-0.3, -0.25) is 5.41 Å². The first kappa shape index (κ1) is 11.9. The third-order valence-electron chi connectivity index (χ3n) is 2.95. The standard InChI is InChI=1S/C13H18N2O2/c1-9-7-10(4-5-12(9)13(14)15)17-8-11-3-2-6-16-11/h4-5,7,11H,2-3,6,8H2,1H3,(H3,14,15). The Balaban J connectivity index is 1.97. The van der Waals surface area contributed by atoms with Crippen molar-refractivity contribution in [3.63, 3.8) is 0 Å². The van der Waals surface area contributed by atoms with Crippen LogP contribution >= 0.6 is 0 Å². The Morgan fingerprint density at radius 2 is 2.41 bits per heavy atom. The third kappa shape index (κ3) is 2.97. The average Bonchev–Trinajstić information content (AvgIpc) is 2.78. The lowest BCUT2D eigenvalue weighted by Crippen LogP contribution is -2.17. The lowest BCUT2D eigenvalue weighted by molar-refractivity contribution is 0.0679. The van der Waals surface area contributed by atoms with Gasteiger partial charge in [0.15, 0.2) is 0 Å². The zero-order valence-corrected chi connectivity index (χ0v) is 10.0. The van der Waals surface area contributed by atoms with Crippen LogP contribution in [0.3, 0.4) is 0 Å². The Bertz CT molecular complexity index is 412. The van der Waals surface area contributed by atoms with E-state index in [4.69, 9.17) is 20.6 Å². The Morgan fingerprint density at radius 1 is 1.59 bits per heavy atom. The second-order valence-corrected chi connectivity index (χ2v) is 4.34. The van der Waals surface area contributed by atoms with Gasteiger partial charge >= 0.3 is 0 Å². The molecular weight excluding hydrogens is 216 g/mol. The molecule has 0 aromatic heterocycles. The number of amidine groups is 1. The fourth-order valence-electron chi connectivity index (χ4n) is 1.99. The van der Waals surface area contributed by atoms with Crippen molar-refractivity contribution in [3.05, 3.63) is 29.3 Å². The smallest absolute Gasteiger partial charge is 0.123 e. The molecule has 0 spiro atoms. The summed E-state index contributed by atoms with van der Waals surface area (Å²) < 4.78 is 11.2. The summed E-state index contributed by atoms with van der Waals surface area (Å²) in [4.78, 5) is 0. The van der Waals surface area contributed by atoms with E-state index in [1.807, 2.05) is 25.1 Å². The number of nitrogen functional groups attached to an aromatic ring is 1. The van der Waals surface area contributed by atoms with Gasteiger partial charge in [-0.05, 0) is 43.5 Å². The van der Waals surface area contributed by atoms with Crippen LogP contribution in [0.25, 0.3) is 0 Å². The van der Waals surface area contributed by atoms with Gasteiger partial charge in [0.2, 0.25) is 0 Å². The van der Waals surface area contributed by atoms with Crippen LogP contribution in [0, 0.1) is 12.3 Å². The maximum absolute atomic E-state index is 7.40. The minimum Gasteiger partial charge on any atom is -0.491 e. The number of aryl methyl sites for hydroxylation is 1. The summed E-state index contributed by atoms with van der Waals surface area (Å²) in [5.74, 6) is 0.899. The molecule has 4 heteroatoms. The SMILES string of the molecule is Cc1cc(OCC2CCCO2)ccc1C(=N)N. The normalized spacial score (nSPS) is 19.2. The van der Waals surface area contributed by atoms with E-state index in [2.05, 4.69) is 0 Å². The molecule has 1 atom stereocenters. The van der Waals surface area contributed by atoms with Crippen LogP contribution in [0.1, 0.15) is 24.0 Å². The lowest BCUT2D eigenvalue weighted by Gasteiger charge is -2.12. The molecule has 1 aromatic carbocycles. The number of ether oxygens (including phenoxy) is 2.